The summed E-state index contributed by atoms with van der Waals surface area (Å²) in [5.41, 5.74) is -2.12. The van der Waals surface area contributed by atoms with Gasteiger partial charge in [-0.05, 0) is 38.3 Å². The van der Waals surface area contributed by atoms with Crippen LogP contribution in [0.5, 0.6) is 5.75 Å². The van der Waals surface area contributed by atoms with Gasteiger partial charge in [0, 0.05) is 0 Å². The van der Waals surface area contributed by atoms with Crippen LogP contribution in [0, 0.1) is 12.8 Å². The normalized spacial score (nSPS) is 17.7. The quantitative estimate of drug-likeness (QED) is 0.592. The molecule has 0 aliphatic carbocycles. The van der Waals surface area contributed by atoms with Gasteiger partial charge in [0.2, 0.25) is 0 Å². The molecule has 0 aliphatic heterocycles. The summed E-state index contributed by atoms with van der Waals surface area (Å²) in [6.45, 7) is 7.63. The summed E-state index contributed by atoms with van der Waals surface area (Å²) in [7, 11) is 0. The monoisotopic (exact) mass is 326 g/mol. The molecule has 0 saturated carbocycles. The maximum Gasteiger partial charge on any atom is 0.342 e. The Morgan fingerprint density at radius 1 is 1.43 bits per heavy atom. The van der Waals surface area contributed by atoms with Crippen LogP contribution in [-0.4, -0.2) is 26.5 Å². The van der Waals surface area contributed by atoms with Gasteiger partial charge in [-0.15, -0.1) is 0 Å². The summed E-state index contributed by atoms with van der Waals surface area (Å²) in [5, 5.41) is 40.3. The summed E-state index contributed by atoms with van der Waals surface area (Å²) in [4.78, 5) is 11.8. The topological polar surface area (TPSA) is 111 Å². The van der Waals surface area contributed by atoms with Gasteiger partial charge in [0.25, 0.3) is 0 Å². The molecule has 0 aliphatic rings. The number of hydrogen-bond acceptors (Lipinski definition) is 6. The van der Waals surface area contributed by atoms with Gasteiger partial charge < -0.3 is 24.8 Å². The van der Waals surface area contributed by atoms with Crippen LogP contribution in [0.3, 0.4) is 0 Å². The zero-order chi connectivity index (χ0) is 17.9. The molecule has 0 bridgehead atoms. The van der Waals surface area contributed by atoms with Gasteiger partial charge >= 0.3 is 5.63 Å². The fraction of sp³-hybridized carbons (Fsp3) is 0.588. The second-order valence-electron chi connectivity index (χ2n) is 6.20. The van der Waals surface area contributed by atoms with E-state index in [1.54, 1.807) is 6.92 Å². The lowest BCUT2D eigenvalue weighted by Crippen LogP contribution is -2.27. The Balaban J connectivity index is 3.42. The smallest absolute Gasteiger partial charge is 0.342 e. The number of aliphatic hydroxyl groups excluding tert-OH is 2. The van der Waals surface area contributed by atoms with E-state index in [1.165, 1.54) is 19.9 Å². The fourth-order valence-corrected chi connectivity index (χ4v) is 2.48. The van der Waals surface area contributed by atoms with Crippen LogP contribution in [0.4, 0.5) is 0 Å². The SMILES string of the molecule is CC[C@H](C)[C@@H](O)/C(C)=C/C(C)(O)c1oc(=O)c(C)c(O)c1CO. The van der Waals surface area contributed by atoms with Crippen molar-refractivity contribution < 1.29 is 24.8 Å². The van der Waals surface area contributed by atoms with E-state index < -0.39 is 29.7 Å². The van der Waals surface area contributed by atoms with Crippen molar-refractivity contribution in [2.24, 2.45) is 5.92 Å². The Bertz CT molecular complexity index is 641. The molecular weight excluding hydrogens is 300 g/mol. The molecule has 0 amide bonds. The molecule has 0 saturated heterocycles. The highest BCUT2D eigenvalue weighted by molar-refractivity contribution is 5.42. The maximum absolute atomic E-state index is 11.8. The third kappa shape index (κ3) is 4.02. The standard InChI is InChI=1S/C17H26O6/c1-6-9(2)13(19)10(3)7-17(5,22)15-12(8-18)14(20)11(4)16(21)23-15/h7,9,13,18-20,22H,6,8H2,1-5H3/b10-7+/t9-,13+,17?/m0/s1. The van der Waals surface area contributed by atoms with Crippen LogP contribution in [-0.2, 0) is 12.2 Å². The van der Waals surface area contributed by atoms with Crippen LogP contribution in [0.1, 0.15) is 51.0 Å². The van der Waals surface area contributed by atoms with Gasteiger partial charge in [-0.1, -0.05) is 20.3 Å². The van der Waals surface area contributed by atoms with Crippen molar-refractivity contribution in [3.8, 4) is 5.75 Å². The average molecular weight is 326 g/mol. The van der Waals surface area contributed by atoms with Crippen molar-refractivity contribution in [2.45, 2.75) is 59.4 Å². The Hall–Kier alpha value is -1.63. The molecule has 0 fully saturated rings. The molecule has 6 nitrogen and oxygen atoms in total. The number of aromatic hydroxyl groups is 1. The van der Waals surface area contributed by atoms with Gasteiger partial charge in [-0.2, -0.15) is 0 Å². The van der Waals surface area contributed by atoms with Crippen LogP contribution in [0.15, 0.2) is 20.9 Å². The minimum atomic E-state index is -1.76. The molecule has 6 heteroatoms. The lowest BCUT2D eigenvalue weighted by atomic mass is 9.90. The van der Waals surface area contributed by atoms with Crippen molar-refractivity contribution in [3.63, 3.8) is 0 Å². The Morgan fingerprint density at radius 3 is 2.48 bits per heavy atom. The summed E-state index contributed by atoms with van der Waals surface area (Å²) in [6.07, 6.45) is 1.38. The molecule has 23 heavy (non-hydrogen) atoms. The molecule has 1 rings (SSSR count). The lowest BCUT2D eigenvalue weighted by molar-refractivity contribution is 0.0709. The molecule has 1 heterocycles. The minimum Gasteiger partial charge on any atom is -0.507 e. The number of hydrogen-bond donors (Lipinski definition) is 4. The molecule has 130 valence electrons. The largest absolute Gasteiger partial charge is 0.507 e. The molecule has 1 aromatic rings. The van der Waals surface area contributed by atoms with Gasteiger partial charge in [0.05, 0.1) is 23.8 Å². The first-order valence-electron chi connectivity index (χ1n) is 7.63. The first-order chi connectivity index (χ1) is 10.6. The molecule has 0 radical (unpaired) electrons. The van der Waals surface area contributed by atoms with E-state index in [0.29, 0.717) is 5.57 Å². The minimum absolute atomic E-state index is 0.00205. The second kappa shape index (κ2) is 7.29. The Labute approximate surface area is 135 Å². The van der Waals surface area contributed by atoms with Crippen LogP contribution < -0.4 is 5.63 Å². The van der Waals surface area contributed by atoms with E-state index in [0.717, 1.165) is 6.42 Å². The van der Waals surface area contributed by atoms with E-state index in [1.807, 2.05) is 13.8 Å². The van der Waals surface area contributed by atoms with Crippen LogP contribution in [0.2, 0.25) is 0 Å². The highest BCUT2D eigenvalue weighted by Crippen LogP contribution is 2.33. The molecule has 3 atom stereocenters. The summed E-state index contributed by atoms with van der Waals surface area (Å²) in [6, 6.07) is 0. The molecule has 0 aromatic carbocycles. The molecule has 0 spiro atoms. The third-order valence-corrected chi connectivity index (χ3v) is 4.19. The van der Waals surface area contributed by atoms with E-state index >= 15 is 0 Å². The first-order valence-corrected chi connectivity index (χ1v) is 7.63. The Morgan fingerprint density at radius 2 is 2.00 bits per heavy atom. The first kappa shape index (κ1) is 19.4. The third-order valence-electron chi connectivity index (χ3n) is 4.19. The summed E-state index contributed by atoms with van der Waals surface area (Å²) in [5.74, 6) is -0.630. The average Bonchev–Trinajstić information content (AvgIpc) is 2.50. The van der Waals surface area contributed by atoms with Crippen molar-refractivity contribution in [2.75, 3.05) is 0 Å². The summed E-state index contributed by atoms with van der Waals surface area (Å²) < 4.78 is 5.09. The highest BCUT2D eigenvalue weighted by Gasteiger charge is 2.31. The predicted octanol–water partition coefficient (Wildman–Crippen LogP) is 1.71. The summed E-state index contributed by atoms with van der Waals surface area (Å²) >= 11 is 0. The molecule has 4 N–H and O–H groups in total. The van der Waals surface area contributed by atoms with Gasteiger partial charge in [0.1, 0.15) is 11.4 Å². The van der Waals surface area contributed by atoms with Crippen molar-refractivity contribution in [3.05, 3.63) is 39.0 Å². The van der Waals surface area contributed by atoms with Crippen molar-refractivity contribution >= 4 is 0 Å². The van der Waals surface area contributed by atoms with E-state index in [4.69, 9.17) is 4.42 Å². The zero-order valence-corrected chi connectivity index (χ0v) is 14.3. The van der Waals surface area contributed by atoms with E-state index in [2.05, 4.69) is 0 Å². The fourth-order valence-electron chi connectivity index (χ4n) is 2.48. The van der Waals surface area contributed by atoms with E-state index in [9.17, 15) is 25.2 Å². The molecule has 1 aromatic heterocycles. The molecule has 1 unspecified atom stereocenters. The number of aliphatic hydroxyl groups is 3. The van der Waals surface area contributed by atoms with Gasteiger partial charge in [-0.3, -0.25) is 0 Å². The zero-order valence-electron chi connectivity index (χ0n) is 14.3. The van der Waals surface area contributed by atoms with E-state index in [-0.39, 0.29) is 22.8 Å². The molecular formula is C17H26O6. The van der Waals surface area contributed by atoms with Crippen molar-refractivity contribution in [1.82, 2.24) is 0 Å². The second-order valence-corrected chi connectivity index (χ2v) is 6.20. The van der Waals surface area contributed by atoms with Crippen molar-refractivity contribution in [1.29, 1.82) is 0 Å². The maximum atomic E-state index is 11.8. The van der Waals surface area contributed by atoms with Crippen LogP contribution >= 0.6 is 0 Å². The van der Waals surface area contributed by atoms with Gasteiger partial charge in [-0.25, -0.2) is 4.79 Å². The number of rotatable bonds is 6. The van der Waals surface area contributed by atoms with Crippen LogP contribution in [0.25, 0.3) is 0 Å². The predicted molar refractivity (Wildman–Crippen MR) is 86.1 cm³/mol. The highest BCUT2D eigenvalue weighted by atomic mass is 16.4. The Kier molecular flexibility index (Phi) is 6.16. The lowest BCUT2D eigenvalue weighted by Gasteiger charge is -2.25. The van der Waals surface area contributed by atoms with Gasteiger partial charge in [0.15, 0.2) is 5.76 Å².